The summed E-state index contributed by atoms with van der Waals surface area (Å²) in [5.41, 5.74) is 0.605. The van der Waals surface area contributed by atoms with Crippen molar-refractivity contribution in [2.45, 2.75) is 32.2 Å². The van der Waals surface area contributed by atoms with Gasteiger partial charge in [0.25, 0.3) is 11.7 Å². The zero-order valence-electron chi connectivity index (χ0n) is 17.3. The summed E-state index contributed by atoms with van der Waals surface area (Å²) in [7, 11) is 1.60. The average Bonchev–Trinajstić information content (AvgIpc) is 3.37. The van der Waals surface area contributed by atoms with Gasteiger partial charge in [0.1, 0.15) is 11.5 Å². The van der Waals surface area contributed by atoms with Gasteiger partial charge in [-0.2, -0.15) is 0 Å². The standard InChI is InChI=1S/C23H27NO5S/c1-3-4-14-29-17-10-8-16(9-11-17)21(25)19-20(18-7-5-15-30-18)24(12-6-13-28-2)23(27)22(19)26/h5,7-11,15,20,25H,3-4,6,12-14H2,1-2H3/b21-19+. The lowest BCUT2D eigenvalue weighted by Crippen LogP contribution is -2.31. The molecule has 0 saturated carbocycles. The molecule has 0 bridgehead atoms. The molecule has 1 atom stereocenters. The Kier molecular flexibility index (Phi) is 7.65. The molecule has 3 rings (SSSR count). The van der Waals surface area contributed by atoms with Gasteiger partial charge in [0.15, 0.2) is 0 Å². The van der Waals surface area contributed by atoms with Crippen molar-refractivity contribution in [3.8, 4) is 5.75 Å². The van der Waals surface area contributed by atoms with E-state index in [0.717, 1.165) is 17.7 Å². The number of amides is 1. The van der Waals surface area contributed by atoms with Crippen LogP contribution in [-0.2, 0) is 14.3 Å². The highest BCUT2D eigenvalue weighted by Crippen LogP contribution is 2.41. The van der Waals surface area contributed by atoms with Crippen LogP contribution in [0.2, 0.25) is 0 Å². The first-order chi connectivity index (χ1) is 14.6. The van der Waals surface area contributed by atoms with E-state index in [9.17, 15) is 14.7 Å². The van der Waals surface area contributed by atoms with Gasteiger partial charge in [-0.25, -0.2) is 0 Å². The van der Waals surface area contributed by atoms with Crippen LogP contribution in [0.1, 0.15) is 42.7 Å². The third-order valence-corrected chi connectivity index (χ3v) is 5.92. The molecule has 0 radical (unpaired) electrons. The quantitative estimate of drug-likeness (QED) is 0.262. The molecule has 1 aliphatic rings. The SMILES string of the molecule is CCCCOc1ccc(/C(O)=C2\C(=O)C(=O)N(CCCOC)C2c2cccs2)cc1. The van der Waals surface area contributed by atoms with E-state index in [1.807, 2.05) is 17.5 Å². The molecule has 1 N–H and O–H groups in total. The number of methoxy groups -OCH3 is 1. The second-order valence-electron chi connectivity index (χ2n) is 7.08. The van der Waals surface area contributed by atoms with E-state index in [4.69, 9.17) is 9.47 Å². The molecule has 1 saturated heterocycles. The zero-order valence-corrected chi connectivity index (χ0v) is 18.1. The number of Topliss-reactive ketones (excluding diaryl/α,β-unsaturated/α-hetero) is 1. The maximum atomic E-state index is 12.8. The molecule has 1 aromatic heterocycles. The minimum atomic E-state index is -0.661. The predicted octanol–water partition coefficient (Wildman–Crippen LogP) is 4.39. The molecule has 1 unspecified atom stereocenters. The minimum Gasteiger partial charge on any atom is -0.507 e. The Labute approximate surface area is 180 Å². The van der Waals surface area contributed by atoms with Gasteiger partial charge >= 0.3 is 0 Å². The molecule has 6 nitrogen and oxygen atoms in total. The molecule has 2 aromatic rings. The first-order valence-electron chi connectivity index (χ1n) is 10.1. The van der Waals surface area contributed by atoms with Crippen LogP contribution in [0.3, 0.4) is 0 Å². The number of rotatable bonds is 10. The average molecular weight is 430 g/mol. The van der Waals surface area contributed by atoms with Crippen LogP contribution in [-0.4, -0.2) is 48.6 Å². The van der Waals surface area contributed by atoms with Crippen molar-refractivity contribution in [1.29, 1.82) is 0 Å². The third-order valence-electron chi connectivity index (χ3n) is 4.99. The molecule has 0 spiro atoms. The third kappa shape index (κ3) is 4.74. The number of aliphatic hydroxyl groups is 1. The largest absolute Gasteiger partial charge is 0.507 e. The number of unbranched alkanes of at least 4 members (excludes halogenated alkanes) is 1. The first-order valence-corrected chi connectivity index (χ1v) is 11.0. The van der Waals surface area contributed by atoms with Gasteiger partial charge in [-0.05, 0) is 48.6 Å². The van der Waals surface area contributed by atoms with Crippen LogP contribution < -0.4 is 4.74 Å². The molecule has 7 heteroatoms. The second kappa shape index (κ2) is 10.4. The number of aliphatic hydroxyl groups excluding tert-OH is 1. The summed E-state index contributed by atoms with van der Waals surface area (Å²) >= 11 is 1.45. The number of ketones is 1. The topological polar surface area (TPSA) is 76.1 Å². The van der Waals surface area contributed by atoms with Crippen LogP contribution in [0.25, 0.3) is 5.76 Å². The maximum absolute atomic E-state index is 12.8. The number of carbonyl (C=O) groups is 2. The Hall–Kier alpha value is -2.64. The van der Waals surface area contributed by atoms with E-state index >= 15 is 0 Å². The Morgan fingerprint density at radius 1 is 1.13 bits per heavy atom. The molecule has 160 valence electrons. The number of benzene rings is 1. The van der Waals surface area contributed by atoms with Crippen molar-refractivity contribution in [2.24, 2.45) is 0 Å². The van der Waals surface area contributed by atoms with Gasteiger partial charge in [0.05, 0.1) is 18.2 Å². The van der Waals surface area contributed by atoms with E-state index in [-0.39, 0.29) is 11.3 Å². The van der Waals surface area contributed by atoms with E-state index in [1.54, 1.807) is 31.4 Å². The fraction of sp³-hybridized carbons (Fsp3) is 0.391. The van der Waals surface area contributed by atoms with Gasteiger partial charge in [-0.3, -0.25) is 9.59 Å². The van der Waals surface area contributed by atoms with Crippen molar-refractivity contribution in [1.82, 2.24) is 4.90 Å². The number of ether oxygens (including phenoxy) is 2. The Morgan fingerprint density at radius 3 is 2.53 bits per heavy atom. The molecular formula is C23H27NO5S. The molecule has 1 fully saturated rings. The highest BCUT2D eigenvalue weighted by atomic mass is 32.1. The zero-order chi connectivity index (χ0) is 21.5. The molecule has 1 aromatic carbocycles. The summed E-state index contributed by atoms with van der Waals surface area (Å²) in [5, 5.41) is 12.9. The summed E-state index contributed by atoms with van der Waals surface area (Å²) < 4.78 is 10.7. The smallest absolute Gasteiger partial charge is 0.295 e. The number of likely N-dealkylation sites (tertiary alicyclic amines) is 1. The molecular weight excluding hydrogens is 402 g/mol. The summed E-state index contributed by atoms with van der Waals surface area (Å²) in [6, 6.07) is 10.1. The number of nitrogens with zero attached hydrogens (tertiary/aromatic N) is 1. The molecule has 1 amide bonds. The van der Waals surface area contributed by atoms with E-state index < -0.39 is 17.7 Å². The number of hydrogen-bond donors (Lipinski definition) is 1. The minimum absolute atomic E-state index is 0.125. The monoisotopic (exact) mass is 429 g/mol. The first kappa shape index (κ1) is 22.1. The summed E-state index contributed by atoms with van der Waals surface area (Å²) in [5.74, 6) is -0.715. The van der Waals surface area contributed by atoms with Gasteiger partial charge < -0.3 is 19.5 Å². The van der Waals surface area contributed by atoms with Crippen molar-refractivity contribution in [2.75, 3.05) is 26.9 Å². The van der Waals surface area contributed by atoms with Crippen LogP contribution in [0, 0.1) is 0 Å². The lowest BCUT2D eigenvalue weighted by Gasteiger charge is -2.23. The van der Waals surface area contributed by atoms with E-state index in [2.05, 4.69) is 6.92 Å². The van der Waals surface area contributed by atoms with Gasteiger partial charge in [-0.1, -0.05) is 19.4 Å². The van der Waals surface area contributed by atoms with Gasteiger partial charge in [0.2, 0.25) is 0 Å². The molecule has 1 aliphatic heterocycles. The van der Waals surface area contributed by atoms with Gasteiger partial charge in [-0.15, -0.1) is 11.3 Å². The number of carbonyl (C=O) groups excluding carboxylic acids is 2. The lowest BCUT2D eigenvalue weighted by molar-refractivity contribution is -0.140. The summed E-state index contributed by atoms with van der Waals surface area (Å²) in [6.07, 6.45) is 2.62. The maximum Gasteiger partial charge on any atom is 0.295 e. The van der Waals surface area contributed by atoms with Crippen molar-refractivity contribution >= 4 is 28.8 Å². The predicted molar refractivity (Wildman–Crippen MR) is 117 cm³/mol. The molecule has 0 aliphatic carbocycles. The van der Waals surface area contributed by atoms with Crippen molar-refractivity contribution in [3.05, 3.63) is 57.8 Å². The normalized spacial score (nSPS) is 18.2. The number of thiophene rings is 1. The van der Waals surface area contributed by atoms with E-state index in [1.165, 1.54) is 16.2 Å². The molecule has 2 heterocycles. The summed E-state index contributed by atoms with van der Waals surface area (Å²) in [6.45, 7) is 3.59. The lowest BCUT2D eigenvalue weighted by atomic mass is 10.00. The number of hydrogen-bond acceptors (Lipinski definition) is 6. The van der Waals surface area contributed by atoms with Gasteiger partial charge in [0, 0.05) is 30.7 Å². The van der Waals surface area contributed by atoms with Crippen LogP contribution in [0.5, 0.6) is 5.75 Å². The fourth-order valence-electron chi connectivity index (χ4n) is 3.43. The Bertz CT molecular complexity index is 889. The Balaban J connectivity index is 1.93. The molecule has 30 heavy (non-hydrogen) atoms. The fourth-order valence-corrected chi connectivity index (χ4v) is 4.28. The van der Waals surface area contributed by atoms with E-state index in [0.29, 0.717) is 37.5 Å². The van der Waals surface area contributed by atoms with Crippen molar-refractivity contribution in [3.63, 3.8) is 0 Å². The second-order valence-corrected chi connectivity index (χ2v) is 8.06. The van der Waals surface area contributed by atoms with Crippen LogP contribution >= 0.6 is 11.3 Å². The van der Waals surface area contributed by atoms with Crippen LogP contribution in [0.15, 0.2) is 47.4 Å². The van der Waals surface area contributed by atoms with Crippen LogP contribution in [0.4, 0.5) is 0 Å². The summed E-state index contributed by atoms with van der Waals surface area (Å²) in [4.78, 5) is 27.9. The highest BCUT2D eigenvalue weighted by molar-refractivity contribution is 7.10. The Morgan fingerprint density at radius 2 is 1.90 bits per heavy atom. The highest BCUT2D eigenvalue weighted by Gasteiger charge is 2.46. The van der Waals surface area contributed by atoms with Crippen molar-refractivity contribution < 1.29 is 24.2 Å².